The van der Waals surface area contributed by atoms with E-state index in [4.69, 9.17) is 16.1 Å². The summed E-state index contributed by atoms with van der Waals surface area (Å²) in [5, 5.41) is 12.4. The van der Waals surface area contributed by atoms with E-state index in [0.717, 1.165) is 35.2 Å². The summed E-state index contributed by atoms with van der Waals surface area (Å²) < 4.78 is 5.34. The fourth-order valence-corrected chi connectivity index (χ4v) is 3.75. The highest BCUT2D eigenvalue weighted by Gasteiger charge is 2.09. The van der Waals surface area contributed by atoms with Gasteiger partial charge in [-0.1, -0.05) is 28.9 Å². The maximum atomic E-state index is 6.02. The maximum Gasteiger partial charge on any atom is 0.228 e. The van der Waals surface area contributed by atoms with Gasteiger partial charge in [-0.25, -0.2) is 4.98 Å². The average molecular weight is 433 g/mol. The topological polar surface area (TPSA) is 88.2 Å². The smallest absolute Gasteiger partial charge is 0.228 e. The van der Waals surface area contributed by atoms with E-state index in [-0.39, 0.29) is 0 Å². The van der Waals surface area contributed by atoms with Crippen molar-refractivity contribution in [2.24, 2.45) is 4.99 Å². The first kappa shape index (κ1) is 21.3. The van der Waals surface area contributed by atoms with E-state index < -0.39 is 0 Å². The van der Waals surface area contributed by atoms with Crippen LogP contribution in [0.4, 0.5) is 0 Å². The van der Waals surface area contributed by atoms with Gasteiger partial charge in [0.25, 0.3) is 0 Å². The van der Waals surface area contributed by atoms with Crippen LogP contribution in [0.15, 0.2) is 33.8 Å². The lowest BCUT2D eigenvalue weighted by Gasteiger charge is -2.09. The Morgan fingerprint density at radius 2 is 2.07 bits per heavy atom. The number of rotatable bonds is 8. The molecule has 0 saturated carbocycles. The summed E-state index contributed by atoms with van der Waals surface area (Å²) >= 11 is 7.76. The van der Waals surface area contributed by atoms with Crippen LogP contribution in [0.3, 0.4) is 0 Å². The first-order valence-corrected chi connectivity index (χ1v) is 10.8. The lowest BCUT2D eigenvalue weighted by Crippen LogP contribution is -2.38. The molecule has 3 aromatic rings. The molecule has 0 amide bonds. The maximum absolute atomic E-state index is 6.02. The second kappa shape index (κ2) is 10.4. The zero-order valence-electron chi connectivity index (χ0n) is 16.8. The second-order valence-corrected chi connectivity index (χ2v) is 8.18. The summed E-state index contributed by atoms with van der Waals surface area (Å²) in [4.78, 5) is 14.9. The molecule has 29 heavy (non-hydrogen) atoms. The molecule has 0 aliphatic carbocycles. The van der Waals surface area contributed by atoms with Crippen LogP contribution >= 0.6 is 22.9 Å². The number of aliphatic imine (C=N–C) groups is 1. The van der Waals surface area contributed by atoms with Crippen molar-refractivity contribution in [3.05, 3.63) is 50.8 Å². The number of hydrogen-bond donors (Lipinski definition) is 2. The minimum absolute atomic E-state index is 0.539. The van der Waals surface area contributed by atoms with E-state index in [1.165, 1.54) is 4.88 Å². The minimum atomic E-state index is 0.539. The van der Waals surface area contributed by atoms with Gasteiger partial charge in [-0.15, -0.1) is 11.3 Å². The highest BCUT2D eigenvalue weighted by Crippen LogP contribution is 2.20. The lowest BCUT2D eigenvalue weighted by molar-refractivity contribution is 0.378. The number of aromatic nitrogens is 3. The van der Waals surface area contributed by atoms with Gasteiger partial charge in [0.05, 0.1) is 10.7 Å². The number of nitrogens with zero attached hydrogens (tertiary/aromatic N) is 4. The third kappa shape index (κ3) is 6.27. The molecule has 0 radical (unpaired) electrons. The molecule has 2 aromatic heterocycles. The predicted octanol–water partition coefficient (Wildman–Crippen LogP) is 3.80. The van der Waals surface area contributed by atoms with Crippen molar-refractivity contribution in [3.63, 3.8) is 0 Å². The van der Waals surface area contributed by atoms with Crippen LogP contribution in [0.2, 0.25) is 5.02 Å². The predicted molar refractivity (Wildman–Crippen MR) is 118 cm³/mol. The van der Waals surface area contributed by atoms with Crippen molar-refractivity contribution >= 4 is 28.9 Å². The summed E-state index contributed by atoms with van der Waals surface area (Å²) in [6.07, 6.45) is 1.44. The molecule has 3 rings (SSSR count). The van der Waals surface area contributed by atoms with Gasteiger partial charge in [-0.2, -0.15) is 4.98 Å². The Kier molecular flexibility index (Phi) is 7.60. The van der Waals surface area contributed by atoms with Gasteiger partial charge in [0.1, 0.15) is 0 Å². The lowest BCUT2D eigenvalue weighted by atomic mass is 10.2. The highest BCUT2D eigenvalue weighted by atomic mass is 35.5. The van der Waals surface area contributed by atoms with E-state index >= 15 is 0 Å². The van der Waals surface area contributed by atoms with Crippen molar-refractivity contribution in [1.82, 2.24) is 25.8 Å². The fourth-order valence-electron chi connectivity index (χ4n) is 2.64. The molecule has 0 saturated heterocycles. The van der Waals surface area contributed by atoms with Crippen molar-refractivity contribution < 1.29 is 4.52 Å². The van der Waals surface area contributed by atoms with Gasteiger partial charge < -0.3 is 15.2 Å². The van der Waals surface area contributed by atoms with Crippen molar-refractivity contribution in [1.29, 1.82) is 0 Å². The molecule has 7 nitrogen and oxygen atoms in total. The molecule has 0 atom stereocenters. The van der Waals surface area contributed by atoms with E-state index in [2.05, 4.69) is 37.7 Å². The number of hydrogen-bond acceptors (Lipinski definition) is 6. The summed E-state index contributed by atoms with van der Waals surface area (Å²) in [6, 6.07) is 7.40. The van der Waals surface area contributed by atoms with Gasteiger partial charge in [-0.3, -0.25) is 4.99 Å². The highest BCUT2D eigenvalue weighted by molar-refractivity contribution is 7.11. The summed E-state index contributed by atoms with van der Waals surface area (Å²) in [5.74, 6) is 1.88. The number of halogens is 1. The Morgan fingerprint density at radius 3 is 2.79 bits per heavy atom. The quantitative estimate of drug-likeness (QED) is 0.415. The Bertz CT molecular complexity index is 948. The Morgan fingerprint density at radius 1 is 1.21 bits per heavy atom. The monoisotopic (exact) mass is 432 g/mol. The molecule has 0 bridgehead atoms. The van der Waals surface area contributed by atoms with Gasteiger partial charge in [-0.05, 0) is 32.9 Å². The van der Waals surface area contributed by atoms with Crippen molar-refractivity contribution in [2.75, 3.05) is 19.6 Å². The van der Waals surface area contributed by atoms with Crippen molar-refractivity contribution in [3.8, 4) is 11.4 Å². The van der Waals surface area contributed by atoms with Crippen LogP contribution in [0.5, 0.6) is 0 Å². The minimum Gasteiger partial charge on any atom is -0.357 e. The van der Waals surface area contributed by atoms with Crippen LogP contribution in [0.1, 0.15) is 28.4 Å². The van der Waals surface area contributed by atoms with Gasteiger partial charge in [0.2, 0.25) is 11.7 Å². The van der Waals surface area contributed by atoms with Gasteiger partial charge in [0.15, 0.2) is 5.96 Å². The summed E-state index contributed by atoms with van der Waals surface area (Å²) in [6.45, 7) is 8.29. The van der Waals surface area contributed by atoms with E-state index in [0.29, 0.717) is 36.2 Å². The summed E-state index contributed by atoms with van der Waals surface area (Å²) in [5.41, 5.74) is 1.94. The molecule has 0 aliphatic heterocycles. The largest absolute Gasteiger partial charge is 0.357 e. The SMILES string of the molecule is CCNC(=NCCc1nc(C)c(C)s1)NCCc1nc(-c2cccc(Cl)c2)no1. The van der Waals surface area contributed by atoms with Crippen LogP contribution in [-0.4, -0.2) is 40.7 Å². The molecule has 0 spiro atoms. The standard InChI is InChI=1S/C20H25ClN6OS/c1-4-22-20(24-11-9-18-25-13(2)14(3)29-18)23-10-8-17-26-19(27-28-17)15-6-5-7-16(21)12-15/h5-7,12H,4,8-11H2,1-3H3,(H2,22,23,24). The zero-order valence-corrected chi connectivity index (χ0v) is 18.4. The Balaban J connectivity index is 1.50. The molecule has 0 aliphatic rings. The molecular weight excluding hydrogens is 408 g/mol. The number of nitrogens with one attached hydrogen (secondary N) is 2. The molecule has 0 fully saturated rings. The normalized spacial score (nSPS) is 11.7. The third-order valence-electron chi connectivity index (χ3n) is 4.19. The van der Waals surface area contributed by atoms with Crippen LogP contribution in [0.25, 0.3) is 11.4 Å². The number of aryl methyl sites for hydroxylation is 2. The number of guanidine groups is 1. The molecule has 2 heterocycles. The second-order valence-electron chi connectivity index (χ2n) is 6.46. The first-order valence-electron chi connectivity index (χ1n) is 9.58. The van der Waals surface area contributed by atoms with E-state index in [9.17, 15) is 0 Å². The molecule has 154 valence electrons. The molecule has 9 heteroatoms. The van der Waals surface area contributed by atoms with Crippen molar-refractivity contribution in [2.45, 2.75) is 33.6 Å². The molecular formula is C20H25ClN6OS. The summed E-state index contributed by atoms with van der Waals surface area (Å²) in [7, 11) is 0. The average Bonchev–Trinajstić information content (AvgIpc) is 3.28. The molecule has 2 N–H and O–H groups in total. The Hall–Kier alpha value is -2.45. The van der Waals surface area contributed by atoms with E-state index in [1.807, 2.05) is 38.1 Å². The van der Waals surface area contributed by atoms with Crippen LogP contribution < -0.4 is 10.6 Å². The third-order valence-corrected chi connectivity index (χ3v) is 5.56. The number of benzene rings is 1. The molecule has 0 unspecified atom stereocenters. The Labute approximate surface area is 179 Å². The zero-order chi connectivity index (χ0) is 20.6. The van der Waals surface area contributed by atoms with Gasteiger partial charge in [0, 0.05) is 47.9 Å². The fraction of sp³-hybridized carbons (Fsp3) is 0.400. The van der Waals surface area contributed by atoms with Gasteiger partial charge >= 0.3 is 0 Å². The van der Waals surface area contributed by atoms with Crippen LogP contribution in [-0.2, 0) is 12.8 Å². The molecule has 1 aromatic carbocycles. The van der Waals surface area contributed by atoms with Crippen LogP contribution in [0, 0.1) is 13.8 Å². The number of thiazole rings is 1. The first-order chi connectivity index (χ1) is 14.0. The van der Waals surface area contributed by atoms with E-state index in [1.54, 1.807) is 11.3 Å².